The fraction of sp³-hybridized carbons (Fsp3) is 0.0909. The maximum Gasteiger partial charge on any atom is 0.272 e. The van der Waals surface area contributed by atoms with Crippen LogP contribution >= 0.6 is 34.4 Å². The molecular formula is C33H28N4O3S3. The van der Waals surface area contributed by atoms with E-state index in [2.05, 4.69) is 20.9 Å². The van der Waals surface area contributed by atoms with Crippen LogP contribution in [-0.4, -0.2) is 28.0 Å². The first-order chi connectivity index (χ1) is 21.0. The highest BCUT2D eigenvalue weighted by atomic mass is 32.2. The van der Waals surface area contributed by atoms with Crippen molar-refractivity contribution in [2.24, 2.45) is 0 Å². The molecule has 43 heavy (non-hydrogen) atoms. The van der Waals surface area contributed by atoms with Crippen LogP contribution in [0.1, 0.15) is 29.3 Å². The van der Waals surface area contributed by atoms with Crippen LogP contribution in [0.4, 0.5) is 10.8 Å². The first-order valence-electron chi connectivity index (χ1n) is 13.5. The van der Waals surface area contributed by atoms with E-state index in [1.807, 2.05) is 84.4 Å². The number of benzene rings is 3. The minimum Gasteiger partial charge on any atom is -0.321 e. The van der Waals surface area contributed by atoms with Crippen LogP contribution in [0.15, 0.2) is 118 Å². The van der Waals surface area contributed by atoms with Crippen LogP contribution in [0, 0.1) is 0 Å². The van der Waals surface area contributed by atoms with E-state index in [-0.39, 0.29) is 22.8 Å². The number of hydrogen-bond donors (Lipinski definition) is 3. The summed E-state index contributed by atoms with van der Waals surface area (Å²) in [6.07, 6.45) is 2.24. The quantitative estimate of drug-likeness (QED) is 0.103. The summed E-state index contributed by atoms with van der Waals surface area (Å²) in [5, 5.41) is 12.7. The van der Waals surface area contributed by atoms with Gasteiger partial charge in [-0.3, -0.25) is 14.4 Å². The molecule has 0 saturated carbocycles. The zero-order valence-corrected chi connectivity index (χ0v) is 25.6. The highest BCUT2D eigenvalue weighted by molar-refractivity contribution is 8.00. The summed E-state index contributed by atoms with van der Waals surface area (Å²) < 4.78 is 0. The van der Waals surface area contributed by atoms with Crippen molar-refractivity contribution in [2.45, 2.75) is 23.5 Å². The molecule has 0 fully saturated rings. The van der Waals surface area contributed by atoms with E-state index in [0.717, 1.165) is 21.0 Å². The molecule has 3 N–H and O–H groups in total. The summed E-state index contributed by atoms with van der Waals surface area (Å²) in [7, 11) is 0. The van der Waals surface area contributed by atoms with E-state index >= 15 is 0 Å². The number of nitrogens with zero attached hydrogens (tertiary/aromatic N) is 1. The molecule has 5 rings (SSSR count). The monoisotopic (exact) mass is 624 g/mol. The van der Waals surface area contributed by atoms with Gasteiger partial charge in [0.2, 0.25) is 5.91 Å². The zero-order chi connectivity index (χ0) is 30.0. The Hall–Kier alpha value is -4.51. The van der Waals surface area contributed by atoms with Crippen molar-refractivity contribution in [3.8, 4) is 10.6 Å². The van der Waals surface area contributed by atoms with Crippen molar-refractivity contribution < 1.29 is 14.4 Å². The molecule has 3 aromatic carbocycles. The first-order valence-corrected chi connectivity index (χ1v) is 16.1. The number of amides is 3. The summed E-state index contributed by atoms with van der Waals surface area (Å²) >= 11 is 4.41. The van der Waals surface area contributed by atoms with Crippen molar-refractivity contribution in [1.82, 2.24) is 10.3 Å². The molecule has 2 heterocycles. The van der Waals surface area contributed by atoms with Crippen molar-refractivity contribution in [1.29, 1.82) is 0 Å². The Morgan fingerprint density at radius 1 is 0.884 bits per heavy atom. The molecule has 2 aromatic heterocycles. The number of thiophene rings is 1. The molecule has 216 valence electrons. The minimum absolute atomic E-state index is 0.106. The van der Waals surface area contributed by atoms with Crippen LogP contribution < -0.4 is 16.0 Å². The van der Waals surface area contributed by atoms with Gasteiger partial charge in [0.1, 0.15) is 5.70 Å². The van der Waals surface area contributed by atoms with Gasteiger partial charge in [-0.15, -0.1) is 34.4 Å². The van der Waals surface area contributed by atoms with E-state index in [1.54, 1.807) is 47.7 Å². The van der Waals surface area contributed by atoms with E-state index in [9.17, 15) is 14.4 Å². The molecule has 0 aliphatic heterocycles. The molecule has 0 radical (unpaired) electrons. The molecule has 0 spiro atoms. The van der Waals surface area contributed by atoms with Gasteiger partial charge in [0.25, 0.3) is 11.8 Å². The number of nitrogens with one attached hydrogen (secondary N) is 3. The van der Waals surface area contributed by atoms with Gasteiger partial charge in [0, 0.05) is 21.5 Å². The van der Waals surface area contributed by atoms with Crippen LogP contribution in [-0.2, 0) is 9.59 Å². The van der Waals surface area contributed by atoms with E-state index in [4.69, 9.17) is 0 Å². The van der Waals surface area contributed by atoms with Gasteiger partial charge in [-0.2, -0.15) is 0 Å². The predicted octanol–water partition coefficient (Wildman–Crippen LogP) is 7.79. The molecule has 7 nitrogen and oxygen atoms in total. The molecule has 3 amide bonds. The highest BCUT2D eigenvalue weighted by Crippen LogP contribution is 2.31. The fourth-order valence-corrected chi connectivity index (χ4v) is 6.53. The maximum atomic E-state index is 13.4. The summed E-state index contributed by atoms with van der Waals surface area (Å²) in [6.45, 7) is 1.96. The van der Waals surface area contributed by atoms with Crippen LogP contribution in [0.3, 0.4) is 0 Å². The Labute approximate surface area is 262 Å². The van der Waals surface area contributed by atoms with E-state index < -0.39 is 5.91 Å². The lowest BCUT2D eigenvalue weighted by atomic mass is 10.1. The van der Waals surface area contributed by atoms with Gasteiger partial charge in [0.15, 0.2) is 5.13 Å². The van der Waals surface area contributed by atoms with E-state index in [0.29, 0.717) is 22.8 Å². The van der Waals surface area contributed by atoms with Gasteiger partial charge in [-0.25, -0.2) is 4.98 Å². The van der Waals surface area contributed by atoms with Crippen LogP contribution in [0.25, 0.3) is 16.6 Å². The highest BCUT2D eigenvalue weighted by Gasteiger charge is 2.20. The largest absolute Gasteiger partial charge is 0.321 e. The summed E-state index contributed by atoms with van der Waals surface area (Å²) in [4.78, 5) is 45.8. The number of anilines is 2. The van der Waals surface area contributed by atoms with Gasteiger partial charge in [-0.1, -0.05) is 67.6 Å². The number of thioether (sulfide) groups is 1. The molecule has 10 heteroatoms. The fourth-order valence-electron chi connectivity index (χ4n) is 4.04. The summed E-state index contributed by atoms with van der Waals surface area (Å²) in [5.74, 6) is -0.988. The third-order valence-electron chi connectivity index (χ3n) is 6.18. The molecule has 0 bridgehead atoms. The lowest BCUT2D eigenvalue weighted by molar-refractivity contribution is -0.116. The molecular weight excluding hydrogens is 597 g/mol. The van der Waals surface area contributed by atoms with Gasteiger partial charge in [-0.05, 0) is 59.8 Å². The van der Waals surface area contributed by atoms with Gasteiger partial charge >= 0.3 is 0 Å². The Morgan fingerprint density at radius 3 is 2.37 bits per heavy atom. The normalized spacial score (nSPS) is 11.9. The van der Waals surface area contributed by atoms with Gasteiger partial charge < -0.3 is 16.0 Å². The van der Waals surface area contributed by atoms with Crippen LogP contribution in [0.2, 0.25) is 0 Å². The molecule has 0 saturated heterocycles. The lowest BCUT2D eigenvalue weighted by Crippen LogP contribution is -2.30. The summed E-state index contributed by atoms with van der Waals surface area (Å²) in [6, 6.07) is 29.3. The zero-order valence-electron chi connectivity index (χ0n) is 23.2. The molecule has 1 unspecified atom stereocenters. The van der Waals surface area contributed by atoms with Crippen molar-refractivity contribution in [3.05, 3.63) is 125 Å². The molecule has 5 aromatic rings. The second-order valence-electron chi connectivity index (χ2n) is 9.29. The number of carbonyl (C=O) groups is 3. The van der Waals surface area contributed by atoms with Gasteiger partial charge in [0.05, 0.1) is 15.8 Å². The Bertz CT molecular complexity index is 1720. The Balaban J connectivity index is 1.27. The number of hydrogen-bond acceptors (Lipinski definition) is 7. The van der Waals surface area contributed by atoms with Crippen molar-refractivity contribution in [2.75, 3.05) is 10.6 Å². The number of aromatic nitrogens is 1. The Morgan fingerprint density at radius 2 is 1.65 bits per heavy atom. The molecule has 0 aliphatic carbocycles. The van der Waals surface area contributed by atoms with Crippen molar-refractivity contribution >= 4 is 69.1 Å². The molecule has 0 aliphatic rings. The van der Waals surface area contributed by atoms with Crippen molar-refractivity contribution in [3.63, 3.8) is 0 Å². The minimum atomic E-state index is -0.467. The molecule has 1 atom stereocenters. The second kappa shape index (κ2) is 14.6. The first kappa shape index (κ1) is 30.0. The maximum absolute atomic E-state index is 13.4. The predicted molar refractivity (Wildman–Crippen MR) is 177 cm³/mol. The topological polar surface area (TPSA) is 100 Å². The van der Waals surface area contributed by atoms with Crippen LogP contribution in [0.5, 0.6) is 0 Å². The average Bonchev–Trinajstić information content (AvgIpc) is 3.73. The Kier molecular flexibility index (Phi) is 10.2. The smallest absolute Gasteiger partial charge is 0.272 e. The third-order valence-corrected chi connectivity index (χ3v) is 9.19. The number of thiazole rings is 1. The number of rotatable bonds is 11. The number of carbonyl (C=O) groups excluding carboxylic acids is 3. The standard InChI is InChI=1S/C33H28N4O3S3/c1-2-28(32(40)37-33-36-27(21-42-33)29-17-10-18-41-29)43-25-16-9-15-24(20-25)34-31(39)26(19-22-11-5-3-6-12-22)35-30(38)23-13-7-4-8-14-23/h3-21,28H,2H2,1H3,(H,34,39)(H,35,38)(H,36,37,40)/b26-19-. The second-order valence-corrected chi connectivity index (χ2v) is 12.4. The van der Waals surface area contributed by atoms with E-state index in [1.165, 1.54) is 23.1 Å². The third kappa shape index (κ3) is 8.29. The SMILES string of the molecule is CCC(Sc1cccc(NC(=O)/C(=C/c2ccccc2)NC(=O)c2ccccc2)c1)C(=O)Nc1nc(-c2cccs2)cs1. The summed E-state index contributed by atoms with van der Waals surface area (Å²) in [5.41, 5.74) is 2.70. The lowest BCUT2D eigenvalue weighted by Gasteiger charge is -2.15. The average molecular weight is 625 g/mol.